The molecule has 0 unspecified atom stereocenters. The van der Waals surface area contributed by atoms with Crippen LogP contribution in [0.2, 0.25) is 0 Å². The van der Waals surface area contributed by atoms with Crippen LogP contribution in [0.5, 0.6) is 0 Å². The van der Waals surface area contributed by atoms with E-state index in [1.165, 1.54) is 23.1 Å². The van der Waals surface area contributed by atoms with Crippen molar-refractivity contribution in [1.82, 2.24) is 10.2 Å². The third-order valence-corrected chi connectivity index (χ3v) is 6.93. The third-order valence-electron chi connectivity index (χ3n) is 5.79. The highest BCUT2D eigenvalue weighted by Gasteiger charge is 2.32. The van der Waals surface area contributed by atoms with Crippen molar-refractivity contribution < 1.29 is 22.4 Å². The molecule has 0 aromatic heterocycles. The number of carbonyl (C=O) groups is 2. The van der Waals surface area contributed by atoms with Crippen LogP contribution in [0.15, 0.2) is 84.9 Å². The lowest BCUT2D eigenvalue weighted by Crippen LogP contribution is -2.53. The van der Waals surface area contributed by atoms with Crippen LogP contribution in [0.3, 0.4) is 0 Å². The van der Waals surface area contributed by atoms with Gasteiger partial charge in [-0.1, -0.05) is 73.7 Å². The fraction of sp³-hybridized carbons (Fsp3) is 0.286. The van der Waals surface area contributed by atoms with E-state index in [2.05, 4.69) is 5.32 Å². The zero-order valence-electron chi connectivity index (χ0n) is 21.0. The number of benzene rings is 3. The van der Waals surface area contributed by atoms with Crippen molar-refractivity contribution in [2.45, 2.75) is 32.4 Å². The number of anilines is 1. The molecule has 0 aliphatic carbocycles. The normalized spacial score (nSPS) is 12.0. The highest BCUT2D eigenvalue weighted by atomic mass is 32.2. The molecule has 2 amide bonds. The molecule has 0 aliphatic heterocycles. The van der Waals surface area contributed by atoms with Gasteiger partial charge in [0.2, 0.25) is 21.8 Å². The molecule has 37 heavy (non-hydrogen) atoms. The maximum atomic E-state index is 13.9. The number of carbonyl (C=O) groups excluding carboxylic acids is 2. The zero-order valence-corrected chi connectivity index (χ0v) is 21.8. The quantitative estimate of drug-likeness (QED) is 0.390. The number of hydrogen-bond donors (Lipinski definition) is 1. The summed E-state index contributed by atoms with van der Waals surface area (Å²) < 4.78 is 40.1. The molecule has 1 atom stereocenters. The molecule has 3 aromatic rings. The molecule has 196 valence electrons. The van der Waals surface area contributed by atoms with E-state index in [1.54, 1.807) is 0 Å². The molecule has 0 spiro atoms. The SMILES string of the molecule is CCCNC(=O)[C@@H](Cc1ccccc1)N(Cc1ccccc1)C(=O)CN(c1cccc(F)c1)S(C)(=O)=O. The van der Waals surface area contributed by atoms with Crippen molar-refractivity contribution in [3.63, 3.8) is 0 Å². The number of hydrogen-bond acceptors (Lipinski definition) is 4. The first-order chi connectivity index (χ1) is 17.7. The van der Waals surface area contributed by atoms with E-state index in [0.717, 1.165) is 34.2 Å². The molecule has 0 saturated carbocycles. The minimum Gasteiger partial charge on any atom is -0.354 e. The average molecular weight is 526 g/mol. The Morgan fingerprint density at radius 2 is 1.54 bits per heavy atom. The standard InChI is InChI=1S/C28H32FN3O4S/c1-3-17-30-28(34)26(18-22-11-6-4-7-12-22)31(20-23-13-8-5-9-14-23)27(33)21-32(37(2,35)36)25-16-10-15-24(29)19-25/h4-16,19,26H,3,17-18,20-21H2,1-2H3,(H,30,34)/t26-/m1/s1. The Kier molecular flexibility index (Phi) is 9.79. The Hall–Kier alpha value is -3.72. The van der Waals surface area contributed by atoms with Crippen LogP contribution in [-0.4, -0.2) is 50.5 Å². The Balaban J connectivity index is 2.02. The van der Waals surface area contributed by atoms with Gasteiger partial charge in [0.1, 0.15) is 18.4 Å². The predicted molar refractivity (Wildman–Crippen MR) is 143 cm³/mol. The van der Waals surface area contributed by atoms with E-state index in [9.17, 15) is 22.4 Å². The average Bonchev–Trinajstić information content (AvgIpc) is 2.88. The van der Waals surface area contributed by atoms with Gasteiger partial charge >= 0.3 is 0 Å². The largest absolute Gasteiger partial charge is 0.354 e. The minimum absolute atomic E-state index is 0.0329. The van der Waals surface area contributed by atoms with Gasteiger partial charge in [0.25, 0.3) is 0 Å². The fourth-order valence-electron chi connectivity index (χ4n) is 3.95. The Morgan fingerprint density at radius 3 is 2.11 bits per heavy atom. The van der Waals surface area contributed by atoms with Crippen LogP contribution < -0.4 is 9.62 Å². The summed E-state index contributed by atoms with van der Waals surface area (Å²) in [4.78, 5) is 28.6. The van der Waals surface area contributed by atoms with Gasteiger partial charge in [-0.3, -0.25) is 13.9 Å². The number of halogens is 1. The van der Waals surface area contributed by atoms with Crippen molar-refractivity contribution in [3.8, 4) is 0 Å². The summed E-state index contributed by atoms with van der Waals surface area (Å²) in [5.74, 6) is -1.53. The Labute approximate surface area is 218 Å². The van der Waals surface area contributed by atoms with Crippen molar-refractivity contribution >= 4 is 27.5 Å². The van der Waals surface area contributed by atoms with Crippen LogP contribution in [0.4, 0.5) is 10.1 Å². The highest BCUT2D eigenvalue weighted by molar-refractivity contribution is 7.92. The van der Waals surface area contributed by atoms with Crippen molar-refractivity contribution in [1.29, 1.82) is 0 Å². The Bertz CT molecular complexity index is 1290. The molecular formula is C28H32FN3O4S. The van der Waals surface area contributed by atoms with E-state index >= 15 is 0 Å². The number of rotatable bonds is 12. The topological polar surface area (TPSA) is 86.8 Å². The molecule has 3 aromatic carbocycles. The number of nitrogens with zero attached hydrogens (tertiary/aromatic N) is 2. The summed E-state index contributed by atoms with van der Waals surface area (Å²) in [5, 5.41) is 2.88. The number of sulfonamides is 1. The number of nitrogens with one attached hydrogen (secondary N) is 1. The summed E-state index contributed by atoms with van der Waals surface area (Å²) >= 11 is 0. The molecular weight excluding hydrogens is 493 g/mol. The monoisotopic (exact) mass is 525 g/mol. The lowest BCUT2D eigenvalue weighted by molar-refractivity contribution is -0.140. The molecule has 1 N–H and O–H groups in total. The molecule has 0 fully saturated rings. The summed E-state index contributed by atoms with van der Waals surface area (Å²) in [7, 11) is -3.94. The van der Waals surface area contributed by atoms with Crippen LogP contribution in [0.1, 0.15) is 24.5 Å². The van der Waals surface area contributed by atoms with E-state index < -0.39 is 34.3 Å². The van der Waals surface area contributed by atoms with E-state index in [4.69, 9.17) is 0 Å². The third kappa shape index (κ3) is 8.15. The fourth-order valence-corrected chi connectivity index (χ4v) is 4.79. The van der Waals surface area contributed by atoms with Crippen LogP contribution in [-0.2, 0) is 32.6 Å². The van der Waals surface area contributed by atoms with Gasteiger partial charge in [-0.25, -0.2) is 12.8 Å². The van der Waals surface area contributed by atoms with Gasteiger partial charge in [-0.2, -0.15) is 0 Å². The second-order valence-electron chi connectivity index (χ2n) is 8.75. The molecule has 0 heterocycles. The highest BCUT2D eigenvalue weighted by Crippen LogP contribution is 2.21. The second kappa shape index (κ2) is 13.0. The van der Waals surface area contributed by atoms with Gasteiger partial charge in [-0.05, 0) is 35.7 Å². The molecule has 9 heteroatoms. The van der Waals surface area contributed by atoms with Gasteiger partial charge in [-0.15, -0.1) is 0 Å². The van der Waals surface area contributed by atoms with Crippen molar-refractivity contribution in [2.24, 2.45) is 0 Å². The second-order valence-corrected chi connectivity index (χ2v) is 10.7. The first-order valence-corrected chi connectivity index (χ1v) is 13.9. The first kappa shape index (κ1) is 27.9. The number of amides is 2. The van der Waals surface area contributed by atoms with Gasteiger partial charge < -0.3 is 10.2 Å². The van der Waals surface area contributed by atoms with Crippen LogP contribution >= 0.6 is 0 Å². The molecule has 7 nitrogen and oxygen atoms in total. The molecule has 3 rings (SSSR count). The van der Waals surface area contributed by atoms with Crippen molar-refractivity contribution in [3.05, 3.63) is 102 Å². The maximum absolute atomic E-state index is 13.9. The zero-order chi connectivity index (χ0) is 26.8. The lowest BCUT2D eigenvalue weighted by Gasteiger charge is -2.33. The maximum Gasteiger partial charge on any atom is 0.244 e. The first-order valence-electron chi connectivity index (χ1n) is 12.1. The van der Waals surface area contributed by atoms with E-state index in [0.29, 0.717) is 6.54 Å². The lowest BCUT2D eigenvalue weighted by atomic mass is 10.0. The Morgan fingerprint density at radius 1 is 0.919 bits per heavy atom. The van der Waals surface area contributed by atoms with Gasteiger partial charge in [0.15, 0.2) is 0 Å². The van der Waals surface area contributed by atoms with E-state index in [-0.39, 0.29) is 24.6 Å². The summed E-state index contributed by atoms with van der Waals surface area (Å²) in [6.07, 6.45) is 1.92. The van der Waals surface area contributed by atoms with Gasteiger partial charge in [0.05, 0.1) is 11.9 Å². The predicted octanol–water partition coefficient (Wildman–Crippen LogP) is 3.76. The molecule has 0 aliphatic rings. The molecule has 0 saturated heterocycles. The van der Waals surface area contributed by atoms with Gasteiger partial charge in [0, 0.05) is 19.5 Å². The summed E-state index contributed by atoms with van der Waals surface area (Å²) in [6.45, 7) is 1.89. The summed E-state index contributed by atoms with van der Waals surface area (Å²) in [5.41, 5.74) is 1.68. The van der Waals surface area contributed by atoms with Crippen LogP contribution in [0.25, 0.3) is 0 Å². The van der Waals surface area contributed by atoms with Crippen LogP contribution in [0, 0.1) is 5.82 Å². The van der Waals surface area contributed by atoms with E-state index in [1.807, 2.05) is 67.6 Å². The summed E-state index contributed by atoms with van der Waals surface area (Å²) in [6, 6.07) is 22.7. The minimum atomic E-state index is -3.94. The molecule has 0 radical (unpaired) electrons. The van der Waals surface area contributed by atoms with Crippen molar-refractivity contribution in [2.75, 3.05) is 23.7 Å². The molecule has 0 bridgehead atoms. The smallest absolute Gasteiger partial charge is 0.244 e.